The Morgan fingerprint density at radius 2 is 1.97 bits per heavy atom. The van der Waals surface area contributed by atoms with Gasteiger partial charge in [0.25, 0.3) is 0 Å². The van der Waals surface area contributed by atoms with E-state index in [-0.39, 0.29) is 5.91 Å². The quantitative estimate of drug-likeness (QED) is 0.475. The molecular weight excluding hydrogens is 362 g/mol. The Morgan fingerprint density at radius 1 is 1.21 bits per heavy atom. The lowest BCUT2D eigenvalue weighted by Crippen LogP contribution is -2.23. The molecule has 0 spiro atoms. The minimum Gasteiger partial charge on any atom is -0.493 e. The number of furan rings is 1. The molecule has 3 aromatic rings. The van der Waals surface area contributed by atoms with Gasteiger partial charge in [0.2, 0.25) is 5.91 Å². The molecule has 0 aliphatic heterocycles. The fraction of sp³-hybridized carbons (Fsp3) is 0.320. The minimum atomic E-state index is -0.0822. The average Bonchev–Trinajstić information content (AvgIpc) is 3.10. The highest BCUT2D eigenvalue weighted by Gasteiger charge is 2.15. The number of ether oxygens (including phenoxy) is 1. The molecule has 29 heavy (non-hydrogen) atoms. The summed E-state index contributed by atoms with van der Waals surface area (Å²) < 4.78 is 11.6. The number of nitrogens with one attached hydrogen (secondary N) is 1. The van der Waals surface area contributed by atoms with Gasteiger partial charge in [-0.3, -0.25) is 4.79 Å². The standard InChI is InChI=1S/C25H29NO3/c1-5-28-23-15-24-21(22(16-29-24)19-9-7-6-8-10-19)14-20(23)18(4)13-25(27)26-12-11-17(2)3/h6-10,13-17H,5,11-12H2,1-4H3,(H,26,27)/b18-13+. The summed E-state index contributed by atoms with van der Waals surface area (Å²) in [5, 5.41) is 3.96. The maximum Gasteiger partial charge on any atom is 0.244 e. The topological polar surface area (TPSA) is 51.5 Å². The number of rotatable bonds is 8. The van der Waals surface area contributed by atoms with Gasteiger partial charge in [0.05, 0.1) is 12.9 Å². The molecule has 0 saturated heterocycles. The Balaban J connectivity index is 1.97. The highest BCUT2D eigenvalue weighted by molar-refractivity contribution is 6.00. The first-order chi connectivity index (χ1) is 14.0. The number of benzene rings is 2. The van der Waals surface area contributed by atoms with Crippen LogP contribution in [-0.2, 0) is 4.79 Å². The number of amides is 1. The van der Waals surface area contributed by atoms with Crippen LogP contribution in [0.4, 0.5) is 0 Å². The van der Waals surface area contributed by atoms with Crippen LogP contribution in [0.3, 0.4) is 0 Å². The van der Waals surface area contributed by atoms with Gasteiger partial charge in [-0.1, -0.05) is 44.2 Å². The van der Waals surface area contributed by atoms with Crippen molar-refractivity contribution in [1.82, 2.24) is 5.32 Å². The fourth-order valence-corrected chi connectivity index (χ4v) is 3.29. The van der Waals surface area contributed by atoms with Gasteiger partial charge in [-0.15, -0.1) is 0 Å². The molecule has 0 fully saturated rings. The van der Waals surface area contributed by atoms with Gasteiger partial charge in [0.1, 0.15) is 11.3 Å². The lowest BCUT2D eigenvalue weighted by Gasteiger charge is -2.12. The number of hydrogen-bond donors (Lipinski definition) is 1. The Labute approximate surface area is 172 Å². The van der Waals surface area contributed by atoms with Crippen LogP contribution < -0.4 is 10.1 Å². The molecule has 2 aromatic carbocycles. The van der Waals surface area contributed by atoms with Gasteiger partial charge in [-0.2, -0.15) is 0 Å². The smallest absolute Gasteiger partial charge is 0.244 e. The number of hydrogen-bond acceptors (Lipinski definition) is 3. The third-order valence-corrected chi connectivity index (χ3v) is 4.85. The van der Waals surface area contributed by atoms with Crippen LogP contribution in [0.2, 0.25) is 0 Å². The van der Waals surface area contributed by atoms with Gasteiger partial charge >= 0.3 is 0 Å². The van der Waals surface area contributed by atoms with E-state index in [1.165, 1.54) is 0 Å². The van der Waals surface area contributed by atoms with E-state index in [0.717, 1.165) is 45.4 Å². The van der Waals surface area contributed by atoms with Crippen molar-refractivity contribution < 1.29 is 13.9 Å². The van der Waals surface area contributed by atoms with E-state index < -0.39 is 0 Å². The van der Waals surface area contributed by atoms with Gasteiger partial charge < -0.3 is 14.5 Å². The van der Waals surface area contributed by atoms with Crippen LogP contribution in [0.1, 0.15) is 39.7 Å². The molecular formula is C25H29NO3. The SMILES string of the molecule is CCOc1cc2occ(-c3ccccc3)c2cc1/C(C)=C/C(=O)NCCC(C)C. The predicted octanol–water partition coefficient (Wildman–Crippen LogP) is 6.06. The third kappa shape index (κ3) is 5.08. The Bertz CT molecular complexity index is 1000. The van der Waals surface area contributed by atoms with Crippen molar-refractivity contribution in [1.29, 1.82) is 0 Å². The molecule has 4 nitrogen and oxygen atoms in total. The van der Waals surface area contributed by atoms with Crippen molar-refractivity contribution in [2.75, 3.05) is 13.2 Å². The lowest BCUT2D eigenvalue weighted by molar-refractivity contribution is -0.116. The number of carbonyl (C=O) groups is 1. The second-order valence-electron chi connectivity index (χ2n) is 7.59. The molecule has 152 valence electrons. The molecule has 0 radical (unpaired) electrons. The maximum absolute atomic E-state index is 12.3. The van der Waals surface area contributed by atoms with Crippen molar-refractivity contribution in [3.8, 4) is 16.9 Å². The molecule has 1 aromatic heterocycles. The molecule has 1 amide bonds. The Morgan fingerprint density at radius 3 is 2.66 bits per heavy atom. The van der Waals surface area contributed by atoms with Crippen molar-refractivity contribution in [2.24, 2.45) is 5.92 Å². The number of allylic oxidation sites excluding steroid dienone is 1. The fourth-order valence-electron chi connectivity index (χ4n) is 3.29. The first kappa shape index (κ1) is 20.7. The van der Waals surface area contributed by atoms with Crippen LogP contribution in [0, 0.1) is 5.92 Å². The summed E-state index contributed by atoms with van der Waals surface area (Å²) in [6.07, 6.45) is 4.38. The van der Waals surface area contributed by atoms with Gasteiger partial charge in [0, 0.05) is 35.2 Å². The summed E-state index contributed by atoms with van der Waals surface area (Å²) in [4.78, 5) is 12.3. The summed E-state index contributed by atoms with van der Waals surface area (Å²) in [5.41, 5.74) is 4.65. The predicted molar refractivity (Wildman–Crippen MR) is 119 cm³/mol. The van der Waals surface area contributed by atoms with E-state index in [2.05, 4.69) is 37.4 Å². The molecule has 0 atom stereocenters. The van der Waals surface area contributed by atoms with E-state index in [9.17, 15) is 4.79 Å². The molecule has 1 N–H and O–H groups in total. The molecule has 1 heterocycles. The van der Waals surface area contributed by atoms with Crippen molar-refractivity contribution in [3.05, 3.63) is 60.4 Å². The van der Waals surface area contributed by atoms with Crippen LogP contribution in [0.25, 0.3) is 27.7 Å². The van der Waals surface area contributed by atoms with Gasteiger partial charge in [-0.05, 0) is 43.4 Å². The van der Waals surface area contributed by atoms with Crippen molar-refractivity contribution in [2.45, 2.75) is 34.1 Å². The normalized spacial score (nSPS) is 11.8. The maximum atomic E-state index is 12.3. The van der Waals surface area contributed by atoms with Crippen molar-refractivity contribution >= 4 is 22.4 Å². The minimum absolute atomic E-state index is 0.0822. The summed E-state index contributed by atoms with van der Waals surface area (Å²) in [6.45, 7) is 9.39. The average molecular weight is 392 g/mol. The van der Waals surface area contributed by atoms with E-state index in [1.54, 1.807) is 12.3 Å². The molecule has 0 unspecified atom stereocenters. The number of carbonyl (C=O) groups excluding carboxylic acids is 1. The Kier molecular flexibility index (Phi) is 6.76. The van der Waals surface area contributed by atoms with Gasteiger partial charge in [-0.25, -0.2) is 0 Å². The summed E-state index contributed by atoms with van der Waals surface area (Å²) >= 11 is 0. The largest absolute Gasteiger partial charge is 0.493 e. The van der Waals surface area contributed by atoms with E-state index >= 15 is 0 Å². The summed E-state index contributed by atoms with van der Waals surface area (Å²) in [5.74, 6) is 1.20. The third-order valence-electron chi connectivity index (χ3n) is 4.85. The highest BCUT2D eigenvalue weighted by atomic mass is 16.5. The Hall–Kier alpha value is -3.01. The highest BCUT2D eigenvalue weighted by Crippen LogP contribution is 2.37. The summed E-state index contributed by atoms with van der Waals surface area (Å²) in [6, 6.07) is 14.1. The molecule has 3 rings (SSSR count). The first-order valence-electron chi connectivity index (χ1n) is 10.2. The van der Waals surface area contributed by atoms with Crippen LogP contribution >= 0.6 is 0 Å². The monoisotopic (exact) mass is 391 g/mol. The van der Waals surface area contributed by atoms with Crippen LogP contribution in [0.5, 0.6) is 5.75 Å². The van der Waals surface area contributed by atoms with Crippen LogP contribution in [0.15, 0.2) is 59.2 Å². The lowest BCUT2D eigenvalue weighted by atomic mass is 9.99. The zero-order chi connectivity index (χ0) is 20.8. The zero-order valence-electron chi connectivity index (χ0n) is 17.6. The molecule has 0 aliphatic rings. The summed E-state index contributed by atoms with van der Waals surface area (Å²) in [7, 11) is 0. The van der Waals surface area contributed by atoms with Gasteiger partial charge in [0.15, 0.2) is 0 Å². The second kappa shape index (κ2) is 9.46. The molecule has 4 heteroatoms. The van der Waals surface area contributed by atoms with Crippen molar-refractivity contribution in [3.63, 3.8) is 0 Å². The zero-order valence-corrected chi connectivity index (χ0v) is 17.6. The van der Waals surface area contributed by atoms with E-state index in [4.69, 9.17) is 9.15 Å². The second-order valence-corrected chi connectivity index (χ2v) is 7.59. The molecule has 0 bridgehead atoms. The first-order valence-corrected chi connectivity index (χ1v) is 10.2. The molecule has 0 aliphatic carbocycles. The van der Waals surface area contributed by atoms with E-state index in [0.29, 0.717) is 19.1 Å². The van der Waals surface area contributed by atoms with Crippen LogP contribution in [-0.4, -0.2) is 19.1 Å². The molecule has 0 saturated carbocycles. The number of fused-ring (bicyclic) bond motifs is 1. The van der Waals surface area contributed by atoms with E-state index in [1.807, 2.05) is 38.1 Å².